The minimum atomic E-state index is -0.309. The van der Waals surface area contributed by atoms with Crippen LogP contribution in [0.1, 0.15) is 26.2 Å². The zero-order chi connectivity index (χ0) is 14.1. The first-order valence-corrected chi connectivity index (χ1v) is 7.20. The van der Waals surface area contributed by atoms with Crippen molar-refractivity contribution in [2.75, 3.05) is 13.2 Å². The van der Waals surface area contributed by atoms with E-state index in [1.165, 1.54) is 0 Å². The van der Waals surface area contributed by atoms with Crippen molar-refractivity contribution >= 4 is 21.8 Å². The van der Waals surface area contributed by atoms with Gasteiger partial charge in [0.15, 0.2) is 0 Å². The van der Waals surface area contributed by atoms with Gasteiger partial charge in [-0.15, -0.1) is 0 Å². The topological polar surface area (TPSA) is 58.6 Å². The number of amides is 1. The van der Waals surface area contributed by atoms with E-state index < -0.39 is 0 Å². The molecule has 1 aromatic carbocycles. The Bertz CT molecular complexity index is 396. The fourth-order valence-corrected chi connectivity index (χ4v) is 1.91. The molecule has 5 heteroatoms. The van der Waals surface area contributed by atoms with E-state index >= 15 is 0 Å². The van der Waals surface area contributed by atoms with Crippen molar-refractivity contribution in [2.45, 2.75) is 32.3 Å². The molecule has 0 aliphatic heterocycles. The van der Waals surface area contributed by atoms with Crippen molar-refractivity contribution in [3.05, 3.63) is 28.7 Å². The SMILES string of the molecule is CC(O)CCCNC(=O)CCOc1cccc(Br)c1. The number of carbonyl (C=O) groups is 1. The zero-order valence-corrected chi connectivity index (χ0v) is 12.6. The second-order valence-electron chi connectivity index (χ2n) is 4.40. The van der Waals surface area contributed by atoms with Crippen LogP contribution in [0.5, 0.6) is 5.75 Å². The van der Waals surface area contributed by atoms with Crippen LogP contribution in [0, 0.1) is 0 Å². The van der Waals surface area contributed by atoms with Crippen molar-refractivity contribution in [1.82, 2.24) is 5.32 Å². The third-order valence-corrected chi connectivity index (χ3v) is 3.01. The van der Waals surface area contributed by atoms with E-state index in [4.69, 9.17) is 9.84 Å². The maximum Gasteiger partial charge on any atom is 0.223 e. The summed E-state index contributed by atoms with van der Waals surface area (Å²) in [5.74, 6) is 0.719. The molecule has 0 saturated heterocycles. The predicted molar refractivity (Wildman–Crippen MR) is 78.2 cm³/mol. The summed E-state index contributed by atoms with van der Waals surface area (Å²) in [5.41, 5.74) is 0. The van der Waals surface area contributed by atoms with Crippen molar-refractivity contribution in [1.29, 1.82) is 0 Å². The number of carbonyl (C=O) groups excluding carboxylic acids is 1. The summed E-state index contributed by atoms with van der Waals surface area (Å²) in [6, 6.07) is 7.52. The fourth-order valence-electron chi connectivity index (χ4n) is 1.53. The summed E-state index contributed by atoms with van der Waals surface area (Å²) < 4.78 is 6.42. The number of rotatable bonds is 8. The van der Waals surface area contributed by atoms with Gasteiger partial charge in [0.25, 0.3) is 0 Å². The summed E-state index contributed by atoms with van der Waals surface area (Å²) in [7, 11) is 0. The van der Waals surface area contributed by atoms with E-state index in [1.54, 1.807) is 6.92 Å². The van der Waals surface area contributed by atoms with Gasteiger partial charge in [-0.25, -0.2) is 0 Å². The number of aliphatic hydroxyl groups is 1. The number of halogens is 1. The molecule has 0 bridgehead atoms. The highest BCUT2D eigenvalue weighted by molar-refractivity contribution is 9.10. The molecule has 1 atom stereocenters. The van der Waals surface area contributed by atoms with E-state index in [0.29, 0.717) is 26.0 Å². The summed E-state index contributed by atoms with van der Waals surface area (Å²) >= 11 is 3.36. The minimum absolute atomic E-state index is 0.0272. The number of benzene rings is 1. The van der Waals surface area contributed by atoms with Crippen LogP contribution in [0.2, 0.25) is 0 Å². The first kappa shape index (κ1) is 16.0. The van der Waals surface area contributed by atoms with Crippen LogP contribution in [0.3, 0.4) is 0 Å². The predicted octanol–water partition coefficient (Wildman–Crippen LogP) is 2.50. The lowest BCUT2D eigenvalue weighted by Gasteiger charge is -2.08. The van der Waals surface area contributed by atoms with E-state index in [2.05, 4.69) is 21.2 Å². The smallest absolute Gasteiger partial charge is 0.223 e. The molecular weight excluding hydrogens is 310 g/mol. The van der Waals surface area contributed by atoms with Crippen LogP contribution in [0.25, 0.3) is 0 Å². The average Bonchev–Trinajstić information content (AvgIpc) is 2.34. The largest absolute Gasteiger partial charge is 0.493 e. The van der Waals surface area contributed by atoms with Crippen LogP contribution in [0.15, 0.2) is 28.7 Å². The van der Waals surface area contributed by atoms with Gasteiger partial charge >= 0.3 is 0 Å². The lowest BCUT2D eigenvalue weighted by atomic mass is 10.2. The summed E-state index contributed by atoms with van der Waals surface area (Å²) in [6.07, 6.45) is 1.52. The summed E-state index contributed by atoms with van der Waals surface area (Å²) in [5, 5.41) is 11.9. The van der Waals surface area contributed by atoms with Crippen LogP contribution in [0.4, 0.5) is 0 Å². The van der Waals surface area contributed by atoms with Crippen molar-refractivity contribution in [3.8, 4) is 5.75 Å². The van der Waals surface area contributed by atoms with E-state index in [9.17, 15) is 4.79 Å². The van der Waals surface area contributed by atoms with E-state index in [-0.39, 0.29) is 12.0 Å². The Morgan fingerprint density at radius 3 is 3.00 bits per heavy atom. The molecule has 1 unspecified atom stereocenters. The molecule has 2 N–H and O–H groups in total. The lowest BCUT2D eigenvalue weighted by Crippen LogP contribution is -2.26. The molecule has 4 nitrogen and oxygen atoms in total. The second kappa shape index (κ2) is 8.93. The van der Waals surface area contributed by atoms with Gasteiger partial charge in [-0.3, -0.25) is 4.79 Å². The first-order valence-electron chi connectivity index (χ1n) is 6.41. The van der Waals surface area contributed by atoms with Gasteiger partial charge in [-0.05, 0) is 38.0 Å². The van der Waals surface area contributed by atoms with Gasteiger partial charge in [0, 0.05) is 11.0 Å². The molecule has 0 aliphatic carbocycles. The normalized spacial score (nSPS) is 11.9. The Hall–Kier alpha value is -1.07. The highest BCUT2D eigenvalue weighted by atomic mass is 79.9. The number of nitrogens with one attached hydrogen (secondary N) is 1. The maximum atomic E-state index is 11.5. The molecule has 1 aromatic rings. The Morgan fingerprint density at radius 1 is 1.53 bits per heavy atom. The van der Waals surface area contributed by atoms with Crippen LogP contribution < -0.4 is 10.1 Å². The van der Waals surface area contributed by atoms with Crippen LogP contribution in [-0.2, 0) is 4.79 Å². The molecule has 0 aromatic heterocycles. The van der Waals surface area contributed by atoms with Crippen molar-refractivity contribution < 1.29 is 14.6 Å². The third kappa shape index (κ3) is 7.85. The number of hydrogen-bond acceptors (Lipinski definition) is 3. The number of aliphatic hydroxyl groups excluding tert-OH is 1. The molecule has 0 radical (unpaired) electrons. The molecule has 1 amide bonds. The van der Waals surface area contributed by atoms with Gasteiger partial charge in [0.05, 0.1) is 19.1 Å². The Balaban J connectivity index is 2.10. The second-order valence-corrected chi connectivity index (χ2v) is 5.31. The molecular formula is C14H20BrNO3. The van der Waals surface area contributed by atoms with E-state index in [0.717, 1.165) is 16.6 Å². The summed E-state index contributed by atoms with van der Waals surface area (Å²) in [6.45, 7) is 2.70. The molecule has 0 aliphatic rings. The van der Waals surface area contributed by atoms with Gasteiger partial charge in [-0.2, -0.15) is 0 Å². The average molecular weight is 330 g/mol. The monoisotopic (exact) mass is 329 g/mol. The Labute approximate surface area is 122 Å². The molecule has 0 fully saturated rings. The van der Waals surface area contributed by atoms with Crippen LogP contribution >= 0.6 is 15.9 Å². The molecule has 19 heavy (non-hydrogen) atoms. The first-order chi connectivity index (χ1) is 9.08. The fraction of sp³-hybridized carbons (Fsp3) is 0.500. The zero-order valence-electron chi connectivity index (χ0n) is 11.1. The van der Waals surface area contributed by atoms with E-state index in [1.807, 2.05) is 24.3 Å². The molecule has 0 heterocycles. The van der Waals surface area contributed by atoms with Gasteiger partial charge in [0.1, 0.15) is 5.75 Å². The molecule has 0 spiro atoms. The highest BCUT2D eigenvalue weighted by Gasteiger charge is 2.02. The third-order valence-electron chi connectivity index (χ3n) is 2.51. The maximum absolute atomic E-state index is 11.5. The highest BCUT2D eigenvalue weighted by Crippen LogP contribution is 2.17. The molecule has 106 valence electrons. The quantitative estimate of drug-likeness (QED) is 0.720. The van der Waals surface area contributed by atoms with Gasteiger partial charge in [-0.1, -0.05) is 22.0 Å². The lowest BCUT2D eigenvalue weighted by molar-refractivity contribution is -0.121. The number of ether oxygens (including phenoxy) is 1. The van der Waals surface area contributed by atoms with Crippen molar-refractivity contribution in [3.63, 3.8) is 0 Å². The number of hydrogen-bond donors (Lipinski definition) is 2. The van der Waals surface area contributed by atoms with Gasteiger partial charge < -0.3 is 15.2 Å². The Morgan fingerprint density at radius 2 is 2.32 bits per heavy atom. The Kier molecular flexibility index (Phi) is 7.52. The minimum Gasteiger partial charge on any atom is -0.493 e. The van der Waals surface area contributed by atoms with Crippen molar-refractivity contribution in [2.24, 2.45) is 0 Å². The van der Waals surface area contributed by atoms with Gasteiger partial charge in [0.2, 0.25) is 5.91 Å². The summed E-state index contributed by atoms with van der Waals surface area (Å²) in [4.78, 5) is 11.5. The molecule has 0 saturated carbocycles. The molecule has 1 rings (SSSR count). The van der Waals surface area contributed by atoms with Crippen LogP contribution in [-0.4, -0.2) is 30.3 Å². The standard InChI is InChI=1S/C14H20BrNO3/c1-11(17)4-3-8-16-14(18)7-9-19-13-6-2-5-12(15)10-13/h2,5-6,10-11,17H,3-4,7-9H2,1H3,(H,16,18).